The van der Waals surface area contributed by atoms with Gasteiger partial charge in [0.15, 0.2) is 0 Å². The van der Waals surface area contributed by atoms with Gasteiger partial charge in [0.2, 0.25) is 0 Å². The molecule has 0 aromatic heterocycles. The number of amides is 1. The molecule has 3 nitrogen and oxygen atoms in total. The minimum absolute atomic E-state index is 0.00485. The van der Waals surface area contributed by atoms with E-state index >= 15 is 0 Å². The lowest BCUT2D eigenvalue weighted by Crippen LogP contribution is -2.42. The van der Waals surface area contributed by atoms with Crippen molar-refractivity contribution in [3.05, 3.63) is 29.0 Å². The van der Waals surface area contributed by atoms with Crippen LogP contribution < -0.4 is 5.01 Å². The van der Waals surface area contributed by atoms with Gasteiger partial charge in [-0.05, 0) is 56.2 Å². The lowest BCUT2D eigenvalue weighted by Gasteiger charge is -2.36. The fourth-order valence-electron chi connectivity index (χ4n) is 3.64. The van der Waals surface area contributed by atoms with Gasteiger partial charge in [0, 0.05) is 4.43 Å². The van der Waals surface area contributed by atoms with Crippen LogP contribution in [-0.4, -0.2) is 16.0 Å². The molecule has 1 amide bonds. The van der Waals surface area contributed by atoms with Crippen molar-refractivity contribution in [3.63, 3.8) is 0 Å². The summed E-state index contributed by atoms with van der Waals surface area (Å²) in [7, 11) is 0. The first kappa shape index (κ1) is 17.1. The molecule has 0 N–H and O–H groups in total. The van der Waals surface area contributed by atoms with E-state index in [-0.39, 0.29) is 10.9 Å². The molecule has 6 heteroatoms. The highest BCUT2D eigenvalue weighted by atomic mass is 127. The Labute approximate surface area is 154 Å². The number of alkyl halides is 1. The van der Waals surface area contributed by atoms with Crippen molar-refractivity contribution < 1.29 is 9.18 Å². The van der Waals surface area contributed by atoms with Crippen LogP contribution in [0.4, 0.5) is 10.1 Å². The SMILES string of the molecule is CCC1=NN(c2ccc(F)cc2Cl)C(=O)C12CCC(CI)CC2. The fraction of sp³-hybridized carbons (Fsp3) is 0.529. The Morgan fingerprint density at radius 3 is 2.70 bits per heavy atom. The predicted octanol–water partition coefficient (Wildman–Crippen LogP) is 5.20. The third-order valence-corrected chi connectivity index (χ3v) is 6.57. The van der Waals surface area contributed by atoms with Crippen LogP contribution in [0.25, 0.3) is 0 Å². The fourth-order valence-corrected chi connectivity index (χ4v) is 4.77. The summed E-state index contributed by atoms with van der Waals surface area (Å²) in [5, 5.41) is 6.18. The van der Waals surface area contributed by atoms with Crippen molar-refractivity contribution in [2.75, 3.05) is 9.44 Å². The van der Waals surface area contributed by atoms with Gasteiger partial charge in [0.25, 0.3) is 5.91 Å². The molecule has 1 aromatic carbocycles. The smallest absolute Gasteiger partial charge is 0.259 e. The van der Waals surface area contributed by atoms with Crippen LogP contribution in [0.2, 0.25) is 5.02 Å². The third kappa shape index (κ3) is 2.90. The van der Waals surface area contributed by atoms with Crippen LogP contribution in [0.3, 0.4) is 0 Å². The van der Waals surface area contributed by atoms with Crippen molar-refractivity contribution in [2.45, 2.75) is 39.0 Å². The molecule has 3 rings (SSSR count). The van der Waals surface area contributed by atoms with Gasteiger partial charge in [0.05, 0.1) is 21.8 Å². The Kier molecular flexibility index (Phi) is 4.97. The normalized spacial score (nSPS) is 27.7. The van der Waals surface area contributed by atoms with Crippen molar-refractivity contribution in [3.8, 4) is 0 Å². The average Bonchev–Trinajstić information content (AvgIpc) is 2.81. The van der Waals surface area contributed by atoms with E-state index in [1.54, 1.807) is 0 Å². The number of halogens is 3. The van der Waals surface area contributed by atoms with Crippen molar-refractivity contribution in [2.24, 2.45) is 16.4 Å². The minimum atomic E-state index is -0.477. The topological polar surface area (TPSA) is 32.7 Å². The Balaban J connectivity index is 1.94. The summed E-state index contributed by atoms with van der Waals surface area (Å²) in [6, 6.07) is 4.07. The number of carbonyl (C=O) groups excluding carboxylic acids is 1. The summed E-state index contributed by atoms with van der Waals surface area (Å²) in [5.74, 6) is 0.271. The number of hydrogen-bond donors (Lipinski definition) is 0. The van der Waals surface area contributed by atoms with E-state index in [1.165, 1.54) is 23.2 Å². The molecule has 0 atom stereocenters. The molecule has 0 bridgehead atoms. The van der Waals surface area contributed by atoms with Gasteiger partial charge in [-0.15, -0.1) is 0 Å². The number of nitrogens with zero attached hydrogens (tertiary/aromatic N) is 2. The third-order valence-electron chi connectivity index (χ3n) is 5.02. The zero-order valence-corrected chi connectivity index (χ0v) is 15.9. The Bertz CT molecular complexity index is 656. The van der Waals surface area contributed by atoms with E-state index in [4.69, 9.17) is 11.6 Å². The van der Waals surface area contributed by atoms with Crippen LogP contribution in [0.1, 0.15) is 39.0 Å². The molecule has 0 unspecified atom stereocenters. The zero-order chi connectivity index (χ0) is 16.6. The molecule has 23 heavy (non-hydrogen) atoms. The van der Waals surface area contributed by atoms with Gasteiger partial charge in [-0.25, -0.2) is 4.39 Å². The van der Waals surface area contributed by atoms with E-state index < -0.39 is 11.2 Å². The highest BCUT2D eigenvalue weighted by molar-refractivity contribution is 14.1. The first-order valence-electron chi connectivity index (χ1n) is 7.95. The number of anilines is 1. The quantitative estimate of drug-likeness (QED) is 0.462. The maximum atomic E-state index is 13.3. The molecule has 1 heterocycles. The first-order valence-corrected chi connectivity index (χ1v) is 9.85. The standard InChI is InChI=1S/C17H19ClFIN2O/c1-2-15-17(7-5-11(10-20)6-8-17)16(23)22(21-15)14-4-3-12(19)9-13(14)18/h3-4,9,11H,2,5-8,10H2,1H3. The van der Waals surface area contributed by atoms with Gasteiger partial charge in [-0.1, -0.05) is 41.1 Å². The molecule has 124 valence electrons. The summed E-state index contributed by atoms with van der Waals surface area (Å²) >= 11 is 8.56. The highest BCUT2D eigenvalue weighted by Crippen LogP contribution is 2.47. The van der Waals surface area contributed by atoms with Gasteiger partial charge in [-0.2, -0.15) is 10.1 Å². The molecular weight excluding hydrogens is 430 g/mol. The number of rotatable bonds is 3. The second-order valence-electron chi connectivity index (χ2n) is 6.29. The molecule has 0 radical (unpaired) electrons. The summed E-state index contributed by atoms with van der Waals surface area (Å²) < 4.78 is 14.4. The number of hydrogen-bond acceptors (Lipinski definition) is 2. The van der Waals surface area contributed by atoms with E-state index in [9.17, 15) is 9.18 Å². The first-order chi connectivity index (χ1) is 11.0. The maximum Gasteiger partial charge on any atom is 0.259 e. The molecule has 0 saturated heterocycles. The van der Waals surface area contributed by atoms with Crippen LogP contribution in [0, 0.1) is 17.2 Å². The summed E-state index contributed by atoms with van der Waals surface area (Å²) in [4.78, 5) is 13.1. The lowest BCUT2D eigenvalue weighted by atomic mass is 9.67. The van der Waals surface area contributed by atoms with Crippen LogP contribution in [0.15, 0.2) is 23.3 Å². The van der Waals surface area contributed by atoms with Crippen molar-refractivity contribution in [1.82, 2.24) is 0 Å². The summed E-state index contributed by atoms with van der Waals surface area (Å²) in [6.07, 6.45) is 4.55. The monoisotopic (exact) mass is 448 g/mol. The molecule has 1 fully saturated rings. The largest absolute Gasteiger partial charge is 0.271 e. The molecule has 1 aliphatic carbocycles. The highest BCUT2D eigenvalue weighted by Gasteiger charge is 2.52. The van der Waals surface area contributed by atoms with E-state index in [0.717, 1.165) is 42.2 Å². The maximum absolute atomic E-state index is 13.3. The summed E-state index contributed by atoms with van der Waals surface area (Å²) in [6.45, 7) is 2.04. The molecule has 1 saturated carbocycles. The van der Waals surface area contributed by atoms with Gasteiger partial charge < -0.3 is 0 Å². The predicted molar refractivity (Wildman–Crippen MR) is 99.9 cm³/mol. The second kappa shape index (κ2) is 6.67. The molecule has 1 aliphatic heterocycles. The molecule has 1 aromatic rings. The van der Waals surface area contributed by atoms with Crippen LogP contribution >= 0.6 is 34.2 Å². The van der Waals surface area contributed by atoms with Crippen LogP contribution in [0.5, 0.6) is 0 Å². The Morgan fingerprint density at radius 2 is 2.13 bits per heavy atom. The number of carbonyl (C=O) groups is 1. The average molecular weight is 449 g/mol. The van der Waals surface area contributed by atoms with E-state index in [1.807, 2.05) is 6.92 Å². The van der Waals surface area contributed by atoms with Crippen molar-refractivity contribution in [1.29, 1.82) is 0 Å². The van der Waals surface area contributed by atoms with E-state index in [0.29, 0.717) is 11.6 Å². The lowest BCUT2D eigenvalue weighted by molar-refractivity contribution is -0.125. The van der Waals surface area contributed by atoms with Crippen LogP contribution in [-0.2, 0) is 4.79 Å². The molecule has 2 aliphatic rings. The number of hydrazone groups is 1. The molecule has 1 spiro atoms. The summed E-state index contributed by atoms with van der Waals surface area (Å²) in [5.41, 5.74) is 0.932. The molecular formula is C17H19ClFIN2O. The second-order valence-corrected chi connectivity index (χ2v) is 7.58. The van der Waals surface area contributed by atoms with Gasteiger partial charge in [-0.3, -0.25) is 4.79 Å². The number of benzene rings is 1. The zero-order valence-electron chi connectivity index (χ0n) is 13.0. The van der Waals surface area contributed by atoms with Gasteiger partial charge in [0.1, 0.15) is 5.82 Å². The van der Waals surface area contributed by atoms with Crippen molar-refractivity contribution >= 4 is 51.5 Å². The minimum Gasteiger partial charge on any atom is -0.271 e. The van der Waals surface area contributed by atoms with E-state index in [2.05, 4.69) is 27.7 Å². The Morgan fingerprint density at radius 1 is 1.43 bits per heavy atom. The van der Waals surface area contributed by atoms with Gasteiger partial charge >= 0.3 is 0 Å². The Hall–Kier alpha value is -0.690.